The Labute approximate surface area is 254 Å². The van der Waals surface area contributed by atoms with Gasteiger partial charge in [-0.05, 0) is 63.3 Å². The maximum atomic E-state index is 8.49. The normalized spacial score (nSPS) is 18.4. The van der Waals surface area contributed by atoms with Gasteiger partial charge in [0, 0.05) is 41.6 Å². The predicted molar refractivity (Wildman–Crippen MR) is 162 cm³/mol. The fourth-order valence-electron chi connectivity index (χ4n) is 6.84. The van der Waals surface area contributed by atoms with Gasteiger partial charge in [-0.3, -0.25) is 0 Å². The smallest absolute Gasteiger partial charge is 0.209 e. The fourth-order valence-corrected chi connectivity index (χ4v) is 6.84. The summed E-state index contributed by atoms with van der Waals surface area (Å²) < 4.78 is 36.4. The minimum absolute atomic E-state index is 0.0880. The van der Waals surface area contributed by atoms with Crippen LogP contribution in [0.3, 0.4) is 0 Å². The van der Waals surface area contributed by atoms with E-state index in [9.17, 15) is 0 Å². The van der Waals surface area contributed by atoms with Gasteiger partial charge >= 0.3 is 0 Å². The molecule has 0 fully saturated rings. The number of hydrogen-bond donors (Lipinski definition) is 0. The molecule has 0 aliphatic carbocycles. The van der Waals surface area contributed by atoms with Crippen LogP contribution in [0.2, 0.25) is 0 Å². The average molecular weight is 593 g/mol. The Hall–Kier alpha value is -3.00. The van der Waals surface area contributed by atoms with Crippen LogP contribution in [0.15, 0.2) is 84.6 Å². The van der Waals surface area contributed by atoms with Crippen LogP contribution in [0.5, 0.6) is 0 Å². The van der Waals surface area contributed by atoms with Crippen molar-refractivity contribution in [1.82, 2.24) is 0 Å². The molecule has 0 N–H and O–H groups in total. The summed E-state index contributed by atoms with van der Waals surface area (Å²) in [7, 11) is -0.524. The number of hydrogen-bond acceptors (Lipinski definition) is 5. The van der Waals surface area contributed by atoms with E-state index >= 15 is 0 Å². The van der Waals surface area contributed by atoms with Crippen LogP contribution in [-0.2, 0) is 10.8 Å². The molecule has 226 valence electrons. The van der Waals surface area contributed by atoms with Crippen molar-refractivity contribution < 1.29 is 33.5 Å². The molecule has 0 atom stereocenters. The van der Waals surface area contributed by atoms with Crippen molar-refractivity contribution in [3.63, 3.8) is 0 Å². The molecule has 4 rings (SSSR count). The van der Waals surface area contributed by atoms with Crippen molar-refractivity contribution >= 4 is 17.1 Å². The van der Waals surface area contributed by atoms with Gasteiger partial charge in [-0.2, -0.15) is 4.58 Å². The highest BCUT2D eigenvalue weighted by molar-refractivity contribution is 6.03. The molecule has 6 nitrogen and oxygen atoms in total. The van der Waals surface area contributed by atoms with Gasteiger partial charge in [-0.15, -0.1) is 10.2 Å². The summed E-state index contributed by atoms with van der Waals surface area (Å²) in [6.07, 6.45) is 19.9. The second-order valence-corrected chi connectivity index (χ2v) is 11.9. The minimum Gasteiger partial charge on any atom is -0.347 e. The van der Waals surface area contributed by atoms with Crippen molar-refractivity contribution in [1.29, 1.82) is 0 Å². The molecule has 7 heteroatoms. The molecule has 2 heterocycles. The number of fused-ring (bicyclic) bond motifs is 2. The summed E-state index contributed by atoms with van der Waals surface area (Å²) in [6.45, 7) is 13.7. The summed E-state index contributed by atoms with van der Waals surface area (Å²) in [6, 6.07) is 13.8. The van der Waals surface area contributed by atoms with Gasteiger partial charge < -0.3 is 4.90 Å². The van der Waals surface area contributed by atoms with E-state index in [1.165, 1.54) is 45.0 Å². The van der Waals surface area contributed by atoms with E-state index < -0.39 is 10.2 Å². The SMILES string of the molecule is CCC1(CC)C(=CC=CC=CC=CC2=[N+](C)c3ccc(C)cc3C2(CC)CC)N(C)c2ccc(C)cc21.[O-][Cl+3]([O-])([O-])[O-]. The first-order chi connectivity index (χ1) is 19.8. The predicted octanol–water partition coefficient (Wildman–Crippen LogP) is 4.09. The van der Waals surface area contributed by atoms with Crippen LogP contribution < -0.4 is 23.5 Å². The summed E-state index contributed by atoms with van der Waals surface area (Å²) in [5.41, 5.74) is 11.3. The molecule has 0 amide bonds. The van der Waals surface area contributed by atoms with Gasteiger partial charge in [0.1, 0.15) is 7.05 Å². The minimum atomic E-state index is -4.94. The van der Waals surface area contributed by atoms with E-state index in [4.69, 9.17) is 18.6 Å². The second-order valence-electron chi connectivity index (χ2n) is 11.2. The lowest BCUT2D eigenvalue weighted by Gasteiger charge is -2.30. The molecule has 42 heavy (non-hydrogen) atoms. The summed E-state index contributed by atoms with van der Waals surface area (Å²) in [5.74, 6) is 0. The van der Waals surface area contributed by atoms with Crippen LogP contribution in [0.1, 0.15) is 75.6 Å². The third-order valence-electron chi connectivity index (χ3n) is 9.13. The van der Waals surface area contributed by atoms with Crippen molar-refractivity contribution in [2.75, 3.05) is 19.0 Å². The van der Waals surface area contributed by atoms with Gasteiger partial charge in [0.05, 0.1) is 5.41 Å². The molecular formula is C35H45ClN2O4. The van der Waals surface area contributed by atoms with Crippen molar-refractivity contribution in [2.24, 2.45) is 0 Å². The first-order valence-electron chi connectivity index (χ1n) is 14.7. The molecule has 0 radical (unpaired) electrons. The summed E-state index contributed by atoms with van der Waals surface area (Å²) >= 11 is 0. The van der Waals surface area contributed by atoms with Crippen LogP contribution in [0.4, 0.5) is 11.4 Å². The summed E-state index contributed by atoms with van der Waals surface area (Å²) in [5, 5.41) is 0. The Morgan fingerprint density at radius 2 is 1.24 bits per heavy atom. The first-order valence-corrected chi connectivity index (χ1v) is 15.9. The van der Waals surface area contributed by atoms with Crippen molar-refractivity contribution in [3.8, 4) is 0 Å². The fraction of sp³-hybridized carbons (Fsp3) is 0.400. The van der Waals surface area contributed by atoms with Gasteiger partial charge in [0.25, 0.3) is 0 Å². The average Bonchev–Trinajstić information content (AvgIpc) is 3.31. The zero-order valence-corrected chi connectivity index (χ0v) is 27.0. The van der Waals surface area contributed by atoms with Gasteiger partial charge in [-0.1, -0.05) is 87.4 Å². The van der Waals surface area contributed by atoms with E-state index in [1.54, 1.807) is 0 Å². The van der Waals surface area contributed by atoms with Crippen LogP contribution >= 0.6 is 0 Å². The molecule has 0 bridgehead atoms. The number of aryl methyl sites for hydroxylation is 2. The number of anilines is 1. The van der Waals surface area contributed by atoms with Crippen LogP contribution in [-0.4, -0.2) is 24.4 Å². The molecule has 0 saturated heterocycles. The molecular weight excluding hydrogens is 548 g/mol. The lowest BCUT2D eigenvalue weighted by molar-refractivity contribution is -2.00. The zero-order valence-electron chi connectivity index (χ0n) is 26.2. The molecule has 2 aliphatic rings. The molecule has 0 saturated carbocycles. The summed E-state index contributed by atoms with van der Waals surface area (Å²) in [4.78, 5) is 2.39. The highest BCUT2D eigenvalue weighted by Crippen LogP contribution is 2.51. The largest absolute Gasteiger partial charge is 0.347 e. The monoisotopic (exact) mass is 592 g/mol. The molecule has 2 aliphatic heterocycles. The molecule has 2 aromatic carbocycles. The Morgan fingerprint density at radius 3 is 1.81 bits per heavy atom. The Balaban J connectivity index is 0.000000892. The molecule has 0 spiro atoms. The van der Waals surface area contributed by atoms with Crippen LogP contribution in [0, 0.1) is 24.1 Å². The van der Waals surface area contributed by atoms with E-state index in [1.807, 2.05) is 0 Å². The molecule has 0 aromatic heterocycles. The first kappa shape index (κ1) is 33.5. The Morgan fingerprint density at radius 1 is 0.738 bits per heavy atom. The zero-order chi connectivity index (χ0) is 31.3. The van der Waals surface area contributed by atoms with E-state index in [0.717, 1.165) is 25.7 Å². The standard InChI is InChI=1S/C35H45N2.ClHO4/c1-9-34(10-2)28-24-26(5)20-22-30(28)36(7)32(34)18-16-14-13-15-17-19-33-35(11-3,12-4)29-25-27(6)21-23-31(29)37(33)8;2-1(3,4)5/h13-25H,9-12H2,1-8H3;(H,2,3,4,5)/q+1;/p-1. The number of allylic oxidation sites excluding steroid dienone is 8. The lowest BCUT2D eigenvalue weighted by Crippen LogP contribution is -2.68. The molecule has 2 aromatic rings. The van der Waals surface area contributed by atoms with Crippen molar-refractivity contribution in [3.05, 3.63) is 107 Å². The Bertz CT molecular complexity index is 1410. The van der Waals surface area contributed by atoms with Crippen LogP contribution in [0.25, 0.3) is 0 Å². The number of nitrogens with zero attached hydrogens (tertiary/aromatic N) is 2. The van der Waals surface area contributed by atoms with E-state index in [0.29, 0.717) is 0 Å². The third-order valence-corrected chi connectivity index (χ3v) is 9.13. The number of benzene rings is 2. The highest BCUT2D eigenvalue weighted by Gasteiger charge is 2.47. The maximum absolute atomic E-state index is 8.49. The Kier molecular flexibility index (Phi) is 10.8. The second kappa shape index (κ2) is 13.5. The maximum Gasteiger partial charge on any atom is 0.209 e. The van der Waals surface area contributed by atoms with Gasteiger partial charge in [0.2, 0.25) is 5.69 Å². The number of halogens is 1. The molecule has 0 unspecified atom stereocenters. The topological polar surface area (TPSA) is 98.5 Å². The quantitative estimate of drug-likeness (QED) is 0.340. The lowest BCUT2D eigenvalue weighted by atomic mass is 9.73. The highest BCUT2D eigenvalue weighted by atomic mass is 35.7. The van der Waals surface area contributed by atoms with E-state index in [2.05, 4.69) is 144 Å². The van der Waals surface area contributed by atoms with Gasteiger partial charge in [-0.25, -0.2) is 18.6 Å². The number of rotatable bonds is 8. The third kappa shape index (κ3) is 6.64. The van der Waals surface area contributed by atoms with E-state index in [-0.39, 0.29) is 10.8 Å². The van der Waals surface area contributed by atoms with Crippen molar-refractivity contribution in [2.45, 2.75) is 78.1 Å². The number of likely N-dealkylation sites (N-methyl/N-ethyl adjacent to an activating group) is 1. The van der Waals surface area contributed by atoms with Gasteiger partial charge in [0.15, 0.2) is 5.71 Å².